The molecule has 4 N–H and O–H groups in total. The van der Waals surface area contributed by atoms with Crippen LogP contribution in [0.15, 0.2) is 23.1 Å². The summed E-state index contributed by atoms with van der Waals surface area (Å²) in [5, 5.41) is 0.0432. The molecule has 1 atom stereocenters. The smallest absolute Gasteiger partial charge is 0.221 e. The molecular weight excluding hydrogens is 264 g/mol. The summed E-state index contributed by atoms with van der Waals surface area (Å²) in [6, 6.07) is 4.11. The number of nitrogens with two attached hydrogens (primary N) is 2. The third-order valence-corrected chi connectivity index (χ3v) is 4.64. The fourth-order valence-corrected chi connectivity index (χ4v) is 3.45. The van der Waals surface area contributed by atoms with Gasteiger partial charge in [-0.3, -0.25) is 4.79 Å². The van der Waals surface area contributed by atoms with Gasteiger partial charge in [-0.05, 0) is 18.2 Å². The lowest BCUT2D eigenvalue weighted by Gasteiger charge is -2.10. The van der Waals surface area contributed by atoms with Gasteiger partial charge in [0.15, 0.2) is 9.84 Å². The van der Waals surface area contributed by atoms with Crippen LogP contribution in [-0.2, 0) is 14.6 Å². The van der Waals surface area contributed by atoms with Crippen LogP contribution >= 0.6 is 11.6 Å². The number of halogens is 1. The molecule has 0 saturated carbocycles. The molecule has 0 saturated heterocycles. The Balaban J connectivity index is 3.10. The molecule has 0 fully saturated rings. The minimum atomic E-state index is -3.64. The molecule has 1 amide bonds. The molecule has 94 valence electrons. The molecule has 0 aliphatic heterocycles. The molecule has 0 aliphatic carbocycles. The number of amides is 1. The van der Waals surface area contributed by atoms with Crippen LogP contribution in [0.4, 0.5) is 5.69 Å². The highest BCUT2D eigenvalue weighted by Crippen LogP contribution is 2.25. The van der Waals surface area contributed by atoms with Crippen molar-refractivity contribution in [3.8, 4) is 0 Å². The van der Waals surface area contributed by atoms with E-state index in [0.29, 0.717) is 5.69 Å². The Morgan fingerprint density at radius 3 is 2.53 bits per heavy atom. The molecule has 0 aromatic heterocycles. The van der Waals surface area contributed by atoms with Crippen molar-refractivity contribution in [3.05, 3.63) is 23.2 Å². The van der Waals surface area contributed by atoms with Crippen LogP contribution in [0, 0.1) is 5.92 Å². The molecular formula is C10H13ClN2O3S. The highest BCUT2D eigenvalue weighted by molar-refractivity contribution is 7.91. The van der Waals surface area contributed by atoms with Crippen LogP contribution < -0.4 is 11.5 Å². The van der Waals surface area contributed by atoms with Crippen molar-refractivity contribution in [1.29, 1.82) is 0 Å². The number of anilines is 1. The lowest BCUT2D eigenvalue weighted by Crippen LogP contribution is -2.27. The molecule has 1 unspecified atom stereocenters. The van der Waals surface area contributed by atoms with Crippen molar-refractivity contribution in [1.82, 2.24) is 0 Å². The topological polar surface area (TPSA) is 103 Å². The summed E-state index contributed by atoms with van der Waals surface area (Å²) in [4.78, 5) is 10.8. The molecule has 1 aromatic carbocycles. The third kappa shape index (κ3) is 3.34. The summed E-state index contributed by atoms with van der Waals surface area (Å²) >= 11 is 5.80. The number of primary amides is 1. The lowest BCUT2D eigenvalue weighted by molar-refractivity contribution is -0.120. The number of hydrogen-bond donors (Lipinski definition) is 2. The largest absolute Gasteiger partial charge is 0.399 e. The predicted octanol–water partition coefficient (Wildman–Crippen LogP) is 0.817. The molecule has 1 rings (SSSR count). The van der Waals surface area contributed by atoms with E-state index in [1.54, 1.807) is 0 Å². The Bertz CT molecular complexity index is 542. The van der Waals surface area contributed by atoms with Gasteiger partial charge >= 0.3 is 0 Å². The van der Waals surface area contributed by atoms with Gasteiger partial charge in [0, 0.05) is 11.6 Å². The number of carbonyl (C=O) groups is 1. The number of nitrogen functional groups attached to an aromatic ring is 1. The molecule has 0 spiro atoms. The zero-order valence-electron chi connectivity index (χ0n) is 9.18. The first-order valence-electron chi connectivity index (χ1n) is 4.81. The molecule has 0 aliphatic rings. The number of sulfone groups is 1. The van der Waals surface area contributed by atoms with Gasteiger partial charge in [-0.2, -0.15) is 0 Å². The van der Waals surface area contributed by atoms with Crippen molar-refractivity contribution in [3.63, 3.8) is 0 Å². The van der Waals surface area contributed by atoms with E-state index >= 15 is 0 Å². The number of hydrogen-bond acceptors (Lipinski definition) is 4. The zero-order chi connectivity index (χ0) is 13.2. The fraction of sp³-hybridized carbons (Fsp3) is 0.300. The second-order valence-corrected chi connectivity index (χ2v) is 6.18. The van der Waals surface area contributed by atoms with Crippen LogP contribution in [0.1, 0.15) is 6.92 Å². The Morgan fingerprint density at radius 2 is 2.06 bits per heavy atom. The first kappa shape index (κ1) is 13.8. The predicted molar refractivity (Wildman–Crippen MR) is 66.3 cm³/mol. The monoisotopic (exact) mass is 276 g/mol. The van der Waals surface area contributed by atoms with Crippen LogP contribution in [0.3, 0.4) is 0 Å². The Morgan fingerprint density at radius 1 is 1.47 bits per heavy atom. The first-order valence-corrected chi connectivity index (χ1v) is 6.84. The fourth-order valence-electron chi connectivity index (χ4n) is 1.27. The highest BCUT2D eigenvalue weighted by Gasteiger charge is 2.23. The maximum atomic E-state index is 11.9. The van der Waals surface area contributed by atoms with Crippen molar-refractivity contribution in [2.45, 2.75) is 11.8 Å². The van der Waals surface area contributed by atoms with Crippen LogP contribution in [0.2, 0.25) is 5.02 Å². The van der Waals surface area contributed by atoms with E-state index in [-0.39, 0.29) is 15.7 Å². The lowest BCUT2D eigenvalue weighted by atomic mass is 10.2. The average molecular weight is 277 g/mol. The van der Waals surface area contributed by atoms with Crippen molar-refractivity contribution in [2.75, 3.05) is 11.5 Å². The molecule has 0 radical (unpaired) electrons. The van der Waals surface area contributed by atoms with Crippen LogP contribution in [-0.4, -0.2) is 20.1 Å². The maximum Gasteiger partial charge on any atom is 0.221 e. The van der Waals surface area contributed by atoms with Crippen LogP contribution in [0.5, 0.6) is 0 Å². The van der Waals surface area contributed by atoms with Gasteiger partial charge in [-0.15, -0.1) is 0 Å². The Kier molecular flexibility index (Phi) is 4.00. The van der Waals surface area contributed by atoms with Gasteiger partial charge < -0.3 is 11.5 Å². The van der Waals surface area contributed by atoms with E-state index in [1.807, 2.05) is 0 Å². The Labute approximate surface area is 105 Å². The van der Waals surface area contributed by atoms with Gasteiger partial charge in [-0.1, -0.05) is 18.5 Å². The van der Waals surface area contributed by atoms with Crippen molar-refractivity contribution >= 4 is 33.0 Å². The minimum Gasteiger partial charge on any atom is -0.399 e. The van der Waals surface area contributed by atoms with Gasteiger partial charge in [-0.25, -0.2) is 8.42 Å². The normalized spacial score (nSPS) is 13.3. The summed E-state index contributed by atoms with van der Waals surface area (Å²) in [5.41, 5.74) is 10.9. The highest BCUT2D eigenvalue weighted by atomic mass is 35.5. The number of benzene rings is 1. The molecule has 1 aromatic rings. The van der Waals surface area contributed by atoms with Gasteiger partial charge in [0.2, 0.25) is 5.91 Å². The zero-order valence-corrected chi connectivity index (χ0v) is 10.8. The van der Waals surface area contributed by atoms with Gasteiger partial charge in [0.25, 0.3) is 0 Å². The third-order valence-electron chi connectivity index (χ3n) is 2.25. The van der Waals surface area contributed by atoms with E-state index in [2.05, 4.69) is 0 Å². The molecule has 5 nitrogen and oxygen atoms in total. The number of rotatable bonds is 4. The maximum absolute atomic E-state index is 11.9. The minimum absolute atomic E-state index is 0.0403. The van der Waals surface area contributed by atoms with Crippen molar-refractivity contribution in [2.24, 2.45) is 11.7 Å². The summed E-state index contributed by atoms with van der Waals surface area (Å²) in [6.07, 6.45) is 0. The first-order chi connectivity index (χ1) is 7.74. The standard InChI is InChI=1S/C10H13ClN2O3S/c1-6(10(13)14)5-17(15,16)9-3-2-7(12)4-8(9)11/h2-4,6H,5,12H2,1H3,(H2,13,14). The van der Waals surface area contributed by atoms with Crippen molar-refractivity contribution < 1.29 is 13.2 Å². The molecule has 0 heterocycles. The molecule has 7 heteroatoms. The quantitative estimate of drug-likeness (QED) is 0.795. The van der Waals surface area contributed by atoms with E-state index in [9.17, 15) is 13.2 Å². The van der Waals surface area contributed by atoms with E-state index in [0.717, 1.165) is 0 Å². The van der Waals surface area contributed by atoms with E-state index < -0.39 is 21.7 Å². The summed E-state index contributed by atoms with van der Waals surface area (Å²) in [5.74, 6) is -1.81. The van der Waals surface area contributed by atoms with Gasteiger partial charge in [0.05, 0.1) is 15.7 Å². The number of carbonyl (C=O) groups excluding carboxylic acids is 1. The van der Waals surface area contributed by atoms with Gasteiger partial charge in [0.1, 0.15) is 0 Å². The molecule has 0 bridgehead atoms. The molecule has 17 heavy (non-hydrogen) atoms. The summed E-state index contributed by atoms with van der Waals surface area (Å²) in [7, 11) is -3.64. The summed E-state index contributed by atoms with van der Waals surface area (Å²) in [6.45, 7) is 1.45. The average Bonchev–Trinajstić information content (AvgIpc) is 2.15. The van der Waals surface area contributed by atoms with Crippen LogP contribution in [0.25, 0.3) is 0 Å². The second kappa shape index (κ2) is 4.93. The Hall–Kier alpha value is -1.27. The SMILES string of the molecule is CC(CS(=O)(=O)c1ccc(N)cc1Cl)C(N)=O. The van der Waals surface area contributed by atoms with E-state index in [1.165, 1.54) is 25.1 Å². The summed E-state index contributed by atoms with van der Waals surface area (Å²) < 4.78 is 23.9. The van der Waals surface area contributed by atoms with E-state index in [4.69, 9.17) is 23.1 Å². The second-order valence-electron chi connectivity index (χ2n) is 3.77.